The van der Waals surface area contributed by atoms with Crippen molar-refractivity contribution in [3.05, 3.63) is 0 Å². The van der Waals surface area contributed by atoms with Crippen LogP contribution in [0.2, 0.25) is 0 Å². The Labute approximate surface area is 58.9 Å². The summed E-state index contributed by atoms with van der Waals surface area (Å²) in [6.07, 6.45) is 0. The number of thiol groups is 1. The first-order valence-corrected chi connectivity index (χ1v) is 4.79. The average Bonchev–Trinajstić information content (AvgIpc) is 1.19. The molecule has 0 unspecified atom stereocenters. The Kier molecular flexibility index (Phi) is 6.88. The lowest BCUT2D eigenvalue weighted by molar-refractivity contribution is 0.454. The van der Waals surface area contributed by atoms with E-state index >= 15 is 0 Å². The highest BCUT2D eigenvalue weighted by atomic mass is 33.1. The zero-order valence-corrected chi connectivity index (χ0v) is 6.36. The molecule has 9 heavy (non-hydrogen) atoms. The van der Waals surface area contributed by atoms with E-state index in [1.54, 1.807) is 0 Å². The highest BCUT2D eigenvalue weighted by Gasteiger charge is 1.83. The van der Waals surface area contributed by atoms with Crippen LogP contribution in [0.3, 0.4) is 0 Å². The van der Waals surface area contributed by atoms with Crippen molar-refractivity contribution in [2.24, 2.45) is 0 Å². The van der Waals surface area contributed by atoms with Gasteiger partial charge in [0.1, 0.15) is 0 Å². The highest BCUT2D eigenvalue weighted by molar-refractivity contribution is 8.61. The second-order valence-corrected chi connectivity index (χ2v) is 3.42. The Morgan fingerprint density at radius 2 is 1.33 bits per heavy atom. The highest BCUT2D eigenvalue weighted by Crippen LogP contribution is 1.81. The summed E-state index contributed by atoms with van der Waals surface area (Å²) in [5.74, 6) is 0. The molecule has 0 rings (SSSR count). The van der Waals surface area contributed by atoms with Crippen LogP contribution < -0.4 is 0 Å². The van der Waals surface area contributed by atoms with Crippen LogP contribution >= 0.6 is 11.7 Å². The molecule has 0 fully saturated rings. The molecule has 0 aliphatic heterocycles. The van der Waals surface area contributed by atoms with E-state index < -0.39 is 20.5 Å². The first kappa shape index (κ1) is 12.0. The SMILES string of the molecule is O=S(=O)(O)S.O=S(O)O. The zero-order valence-electron chi connectivity index (χ0n) is 3.83. The molecule has 3 N–H and O–H groups in total. The van der Waals surface area contributed by atoms with Gasteiger partial charge in [-0.15, -0.1) is 0 Å². The van der Waals surface area contributed by atoms with Crippen molar-refractivity contribution < 1.29 is 26.3 Å². The zero-order chi connectivity index (χ0) is 8.08. The van der Waals surface area contributed by atoms with Crippen LogP contribution in [0.1, 0.15) is 0 Å². The molecular weight excluding hydrogens is 192 g/mol. The minimum absolute atomic E-state index is 2.61. The normalized spacial score (nSPS) is 10.3. The minimum atomic E-state index is -3.97. The third-order valence-electron chi connectivity index (χ3n) is 0. The summed E-state index contributed by atoms with van der Waals surface area (Å²) in [7, 11) is -3.97. The van der Waals surface area contributed by atoms with Gasteiger partial charge in [-0.1, -0.05) is 0 Å². The van der Waals surface area contributed by atoms with Crippen molar-refractivity contribution in [1.82, 2.24) is 0 Å². The lowest BCUT2D eigenvalue weighted by Crippen LogP contribution is -1.78. The van der Waals surface area contributed by atoms with Gasteiger partial charge >= 0.3 is 9.15 Å². The van der Waals surface area contributed by atoms with Gasteiger partial charge < -0.3 is 0 Å². The molecule has 9 heteroatoms. The largest absolute Gasteiger partial charge is 0.316 e. The molecule has 0 radical (unpaired) electrons. The summed E-state index contributed by atoms with van der Waals surface area (Å²) in [4.78, 5) is 0. The molecule has 0 atom stereocenters. The smallest absolute Gasteiger partial charge is 0.284 e. The van der Waals surface area contributed by atoms with Crippen LogP contribution in [-0.2, 0) is 20.5 Å². The Morgan fingerprint density at radius 1 is 1.33 bits per heavy atom. The molecule has 6 nitrogen and oxygen atoms in total. The van der Waals surface area contributed by atoms with E-state index in [0.29, 0.717) is 0 Å². The van der Waals surface area contributed by atoms with Crippen molar-refractivity contribution >= 4 is 32.2 Å². The maximum atomic E-state index is 9.05. The molecule has 0 aromatic rings. The average molecular weight is 196 g/mol. The molecule has 58 valence electrons. The van der Waals surface area contributed by atoms with Gasteiger partial charge in [-0.2, -0.15) is 12.6 Å². The molecule has 0 aromatic carbocycles. The lowest BCUT2D eigenvalue weighted by atomic mass is 15.8. The molecule has 0 heterocycles. The van der Waals surface area contributed by atoms with E-state index in [0.717, 1.165) is 0 Å². The summed E-state index contributed by atoms with van der Waals surface area (Å²) in [5, 5.41) is 0. The lowest BCUT2D eigenvalue weighted by Gasteiger charge is -1.67. The number of hydrogen-bond donors (Lipinski definition) is 4. The van der Waals surface area contributed by atoms with E-state index in [1.807, 2.05) is 0 Å². The summed E-state index contributed by atoms with van der Waals surface area (Å²) >= 11 is 0.0394. The minimum Gasteiger partial charge on any atom is -0.284 e. The topological polar surface area (TPSA) is 112 Å². The van der Waals surface area contributed by atoms with Gasteiger partial charge in [0.25, 0.3) is 11.4 Å². The monoisotopic (exact) mass is 196 g/mol. The molecule has 0 aliphatic rings. The van der Waals surface area contributed by atoms with Crippen LogP contribution in [-0.4, -0.2) is 26.3 Å². The Hall–Kier alpha value is 0.330. The molecule has 0 saturated carbocycles. The third kappa shape index (κ3) is 3060. The van der Waals surface area contributed by atoms with Gasteiger partial charge in [-0.05, 0) is 11.7 Å². The van der Waals surface area contributed by atoms with E-state index in [4.69, 9.17) is 26.3 Å². The standard InChI is InChI=1S/H2O3S2.H2O3S/c1-5(2,3)4;1-4(2)3/h(H2,1,2,3,4);(H2,1,2,3). The van der Waals surface area contributed by atoms with Crippen LogP contribution in [0, 0.1) is 0 Å². The van der Waals surface area contributed by atoms with Gasteiger partial charge in [0.2, 0.25) is 0 Å². The third-order valence-corrected chi connectivity index (χ3v) is 0. The fraction of sp³-hybridized carbons (Fsp3) is 0. The van der Waals surface area contributed by atoms with Crippen molar-refractivity contribution in [2.45, 2.75) is 0 Å². The maximum Gasteiger partial charge on any atom is 0.316 e. The Bertz CT molecular complexity index is 151. The first-order valence-electron chi connectivity index (χ1n) is 1.23. The first-order chi connectivity index (χ1) is 3.73. The number of hydrogen-bond acceptors (Lipinski definition) is 3. The summed E-state index contributed by atoms with van der Waals surface area (Å²) in [6.45, 7) is 0. The van der Waals surface area contributed by atoms with Crippen molar-refractivity contribution in [1.29, 1.82) is 0 Å². The van der Waals surface area contributed by atoms with Gasteiger partial charge in [-0.25, -0.2) is 0 Å². The molecule has 0 spiro atoms. The second-order valence-electron chi connectivity index (χ2n) is 0.679. The van der Waals surface area contributed by atoms with Gasteiger partial charge in [0, 0.05) is 0 Å². The maximum absolute atomic E-state index is 9.05. The van der Waals surface area contributed by atoms with Gasteiger partial charge in [-0.3, -0.25) is 13.7 Å². The van der Waals surface area contributed by atoms with Crippen LogP contribution in [0.15, 0.2) is 0 Å². The van der Waals surface area contributed by atoms with Crippen molar-refractivity contribution in [3.63, 3.8) is 0 Å². The van der Waals surface area contributed by atoms with Crippen molar-refractivity contribution in [2.75, 3.05) is 0 Å². The second kappa shape index (κ2) is 5.14. The van der Waals surface area contributed by atoms with E-state index in [9.17, 15) is 0 Å². The predicted octanol–water partition coefficient (Wildman–Crippen LogP) is -0.600. The molecule has 0 saturated heterocycles. The predicted molar refractivity (Wildman–Crippen MR) is 33.9 cm³/mol. The van der Waals surface area contributed by atoms with Gasteiger partial charge in [0.05, 0.1) is 0 Å². The summed E-state index contributed by atoms with van der Waals surface area (Å²) in [5.41, 5.74) is 0. The fourth-order valence-electron chi connectivity index (χ4n) is 0. The van der Waals surface area contributed by atoms with Crippen LogP contribution in [0.25, 0.3) is 0 Å². The molecule has 0 aromatic heterocycles. The van der Waals surface area contributed by atoms with Crippen LogP contribution in [0.4, 0.5) is 0 Å². The summed E-state index contributed by atoms with van der Waals surface area (Å²) < 4.78 is 48.3. The number of rotatable bonds is 0. The molecule has 0 amide bonds. The summed E-state index contributed by atoms with van der Waals surface area (Å²) in [6, 6.07) is 0. The molecule has 0 bridgehead atoms. The Balaban J connectivity index is 0. The van der Waals surface area contributed by atoms with Crippen LogP contribution in [0.5, 0.6) is 0 Å². The Morgan fingerprint density at radius 3 is 1.33 bits per heavy atom. The van der Waals surface area contributed by atoms with Gasteiger partial charge in [0.15, 0.2) is 0 Å². The fourth-order valence-corrected chi connectivity index (χ4v) is 0. The molecular formula is H4O6S3. The quantitative estimate of drug-likeness (QED) is 0.178. The molecule has 0 aliphatic carbocycles. The van der Waals surface area contributed by atoms with E-state index in [1.165, 1.54) is 0 Å². The van der Waals surface area contributed by atoms with E-state index in [2.05, 4.69) is 11.7 Å². The van der Waals surface area contributed by atoms with E-state index in [-0.39, 0.29) is 0 Å². The van der Waals surface area contributed by atoms with Crippen molar-refractivity contribution in [3.8, 4) is 0 Å².